The number of nitrogens with zero attached hydrogens (tertiary/aromatic N) is 1. The fraction of sp³-hybridized carbons (Fsp3) is 0.600. The third-order valence-corrected chi connectivity index (χ3v) is 4.07. The Kier molecular flexibility index (Phi) is 4.70. The molecular weight excluding hydrogens is 265 g/mol. The highest BCUT2D eigenvalue weighted by atomic mass is 19.4. The highest BCUT2D eigenvalue weighted by Crippen LogP contribution is 2.33. The van der Waals surface area contributed by atoms with Crippen LogP contribution in [0.3, 0.4) is 0 Å². The van der Waals surface area contributed by atoms with Gasteiger partial charge in [-0.3, -0.25) is 4.90 Å². The summed E-state index contributed by atoms with van der Waals surface area (Å²) in [5.41, 5.74) is 5.58. The fourth-order valence-corrected chi connectivity index (χ4v) is 2.91. The molecule has 0 aliphatic carbocycles. The van der Waals surface area contributed by atoms with E-state index in [0.29, 0.717) is 24.6 Å². The molecule has 5 heteroatoms. The van der Waals surface area contributed by atoms with Crippen LogP contribution in [0.4, 0.5) is 13.2 Å². The van der Waals surface area contributed by atoms with E-state index in [2.05, 4.69) is 11.8 Å². The molecule has 1 aromatic carbocycles. The molecule has 1 aromatic rings. The predicted molar refractivity (Wildman–Crippen MR) is 73.1 cm³/mol. The second-order valence-electron chi connectivity index (χ2n) is 5.64. The van der Waals surface area contributed by atoms with Crippen LogP contribution < -0.4 is 5.73 Å². The number of halogens is 3. The van der Waals surface area contributed by atoms with Gasteiger partial charge in [0, 0.05) is 19.1 Å². The van der Waals surface area contributed by atoms with E-state index in [9.17, 15) is 13.2 Å². The zero-order valence-electron chi connectivity index (χ0n) is 11.7. The maximum absolute atomic E-state index is 13.0. The van der Waals surface area contributed by atoms with Crippen molar-refractivity contribution in [2.75, 3.05) is 13.1 Å². The van der Waals surface area contributed by atoms with Crippen LogP contribution in [0.2, 0.25) is 0 Å². The quantitative estimate of drug-likeness (QED) is 0.924. The van der Waals surface area contributed by atoms with E-state index in [1.165, 1.54) is 6.07 Å². The Balaban J connectivity index is 2.17. The molecule has 1 saturated heterocycles. The van der Waals surface area contributed by atoms with Gasteiger partial charge in [-0.2, -0.15) is 13.2 Å². The lowest BCUT2D eigenvalue weighted by Crippen LogP contribution is -2.45. The monoisotopic (exact) mass is 286 g/mol. The van der Waals surface area contributed by atoms with Crippen LogP contribution in [0.15, 0.2) is 24.3 Å². The molecule has 2 unspecified atom stereocenters. The van der Waals surface area contributed by atoms with E-state index in [1.54, 1.807) is 12.1 Å². The van der Waals surface area contributed by atoms with Gasteiger partial charge in [0.15, 0.2) is 0 Å². The van der Waals surface area contributed by atoms with Crippen molar-refractivity contribution < 1.29 is 13.2 Å². The molecule has 1 heterocycles. The maximum Gasteiger partial charge on any atom is 0.416 e. The largest absolute Gasteiger partial charge is 0.416 e. The van der Waals surface area contributed by atoms with Gasteiger partial charge in [0.2, 0.25) is 0 Å². The number of hydrogen-bond acceptors (Lipinski definition) is 2. The predicted octanol–water partition coefficient (Wildman–Crippen LogP) is 3.26. The zero-order valence-corrected chi connectivity index (χ0v) is 11.7. The first-order valence-corrected chi connectivity index (χ1v) is 7.01. The minimum atomic E-state index is -4.29. The van der Waals surface area contributed by atoms with Gasteiger partial charge in [0.1, 0.15) is 0 Å². The molecule has 112 valence electrons. The Morgan fingerprint density at radius 1 is 1.30 bits per heavy atom. The summed E-state index contributed by atoms with van der Waals surface area (Å²) in [5, 5.41) is 0. The third-order valence-electron chi connectivity index (χ3n) is 4.07. The van der Waals surface area contributed by atoms with E-state index in [4.69, 9.17) is 5.73 Å². The van der Waals surface area contributed by atoms with Crippen LogP contribution in [0.5, 0.6) is 0 Å². The molecular formula is C15H21F3N2. The molecule has 1 aliphatic rings. The average Bonchev–Trinajstić information content (AvgIpc) is 2.40. The third kappa shape index (κ3) is 3.52. The van der Waals surface area contributed by atoms with Crippen LogP contribution in [0, 0.1) is 5.92 Å². The van der Waals surface area contributed by atoms with Gasteiger partial charge in [-0.15, -0.1) is 0 Å². The highest BCUT2D eigenvalue weighted by molar-refractivity contribution is 5.29. The standard InChI is InChI=1S/C15H21F3N2/c1-11-6-7-20(13(8-11)9-19)10-12-4-2-3-5-14(12)15(16,17)18/h2-5,11,13H,6-10,19H2,1H3. The molecule has 0 aromatic heterocycles. The molecule has 0 saturated carbocycles. The number of benzene rings is 1. The minimum Gasteiger partial charge on any atom is -0.329 e. The Hall–Kier alpha value is -1.07. The topological polar surface area (TPSA) is 29.3 Å². The van der Waals surface area contributed by atoms with Crippen molar-refractivity contribution in [2.45, 2.75) is 38.5 Å². The molecule has 2 atom stereocenters. The number of hydrogen-bond donors (Lipinski definition) is 1. The van der Waals surface area contributed by atoms with Crippen molar-refractivity contribution in [3.05, 3.63) is 35.4 Å². The van der Waals surface area contributed by atoms with Gasteiger partial charge in [0.05, 0.1) is 5.56 Å². The fourth-order valence-electron chi connectivity index (χ4n) is 2.91. The molecule has 2 N–H and O–H groups in total. The molecule has 1 aliphatic heterocycles. The van der Waals surface area contributed by atoms with Gasteiger partial charge in [-0.1, -0.05) is 25.1 Å². The number of rotatable bonds is 3. The Bertz CT molecular complexity index is 445. The van der Waals surface area contributed by atoms with Gasteiger partial charge >= 0.3 is 6.18 Å². The van der Waals surface area contributed by atoms with Gasteiger partial charge in [-0.05, 0) is 36.9 Å². The lowest BCUT2D eigenvalue weighted by Gasteiger charge is -2.38. The van der Waals surface area contributed by atoms with Crippen molar-refractivity contribution in [3.63, 3.8) is 0 Å². The molecule has 2 rings (SSSR count). The average molecular weight is 286 g/mol. The highest BCUT2D eigenvalue weighted by Gasteiger charge is 2.34. The maximum atomic E-state index is 13.0. The first kappa shape index (κ1) is 15.3. The van der Waals surface area contributed by atoms with Crippen LogP contribution in [-0.2, 0) is 12.7 Å². The molecule has 20 heavy (non-hydrogen) atoms. The lowest BCUT2D eigenvalue weighted by molar-refractivity contribution is -0.138. The van der Waals surface area contributed by atoms with Crippen molar-refractivity contribution in [1.82, 2.24) is 4.90 Å². The summed E-state index contributed by atoms with van der Waals surface area (Å²) in [4.78, 5) is 2.09. The summed E-state index contributed by atoms with van der Waals surface area (Å²) in [6.07, 6.45) is -2.31. The van der Waals surface area contributed by atoms with Crippen molar-refractivity contribution in [1.29, 1.82) is 0 Å². The Labute approximate surface area is 117 Å². The van der Waals surface area contributed by atoms with E-state index >= 15 is 0 Å². The SMILES string of the molecule is CC1CCN(Cc2ccccc2C(F)(F)F)C(CN)C1. The van der Waals surface area contributed by atoms with E-state index < -0.39 is 11.7 Å². The number of piperidine rings is 1. The summed E-state index contributed by atoms with van der Waals surface area (Å²) in [6, 6.07) is 5.99. The van der Waals surface area contributed by atoms with Gasteiger partial charge in [-0.25, -0.2) is 0 Å². The summed E-state index contributed by atoms with van der Waals surface area (Å²) >= 11 is 0. The molecule has 0 radical (unpaired) electrons. The summed E-state index contributed by atoms with van der Waals surface area (Å²) in [5.74, 6) is 0.595. The normalized spacial score (nSPS) is 24.9. The second kappa shape index (κ2) is 6.14. The summed E-state index contributed by atoms with van der Waals surface area (Å²) in [6.45, 7) is 3.81. The molecule has 0 bridgehead atoms. The number of alkyl halides is 3. The molecule has 2 nitrogen and oxygen atoms in total. The number of nitrogens with two attached hydrogens (primary N) is 1. The lowest BCUT2D eigenvalue weighted by atomic mass is 9.91. The molecule has 0 amide bonds. The van der Waals surface area contributed by atoms with Crippen LogP contribution in [0.25, 0.3) is 0 Å². The Morgan fingerprint density at radius 3 is 2.65 bits per heavy atom. The second-order valence-corrected chi connectivity index (χ2v) is 5.64. The minimum absolute atomic E-state index is 0.181. The molecule has 0 spiro atoms. The van der Waals surface area contributed by atoms with Gasteiger partial charge < -0.3 is 5.73 Å². The van der Waals surface area contributed by atoms with Crippen molar-refractivity contribution >= 4 is 0 Å². The van der Waals surface area contributed by atoms with Crippen molar-refractivity contribution in [2.24, 2.45) is 11.7 Å². The van der Waals surface area contributed by atoms with E-state index in [0.717, 1.165) is 25.5 Å². The summed E-state index contributed by atoms with van der Waals surface area (Å²) < 4.78 is 39.0. The van der Waals surface area contributed by atoms with Crippen LogP contribution >= 0.6 is 0 Å². The summed E-state index contributed by atoms with van der Waals surface area (Å²) in [7, 11) is 0. The first-order valence-electron chi connectivity index (χ1n) is 7.01. The zero-order chi connectivity index (χ0) is 14.8. The van der Waals surface area contributed by atoms with Gasteiger partial charge in [0.25, 0.3) is 0 Å². The van der Waals surface area contributed by atoms with E-state index in [-0.39, 0.29) is 6.04 Å². The Morgan fingerprint density at radius 2 is 2.00 bits per heavy atom. The van der Waals surface area contributed by atoms with E-state index in [1.807, 2.05) is 0 Å². The number of likely N-dealkylation sites (tertiary alicyclic amines) is 1. The van der Waals surface area contributed by atoms with Crippen LogP contribution in [-0.4, -0.2) is 24.0 Å². The first-order chi connectivity index (χ1) is 9.41. The molecule has 1 fully saturated rings. The smallest absolute Gasteiger partial charge is 0.329 e. The van der Waals surface area contributed by atoms with Crippen LogP contribution in [0.1, 0.15) is 30.9 Å². The van der Waals surface area contributed by atoms with Crippen molar-refractivity contribution in [3.8, 4) is 0 Å².